The number of phenols is 1. The van der Waals surface area contributed by atoms with Crippen molar-refractivity contribution in [1.29, 1.82) is 0 Å². The fraction of sp³-hybridized carbons (Fsp3) is 0.200. The van der Waals surface area contributed by atoms with Crippen LogP contribution in [0, 0.1) is 0 Å². The second-order valence-corrected chi connectivity index (χ2v) is 7.22. The third-order valence-corrected chi connectivity index (χ3v) is 5.03. The zero-order valence-corrected chi connectivity index (χ0v) is 16.6. The summed E-state index contributed by atoms with van der Waals surface area (Å²) in [7, 11) is 0. The van der Waals surface area contributed by atoms with Crippen LogP contribution in [0.25, 0.3) is 6.08 Å². The van der Waals surface area contributed by atoms with E-state index >= 15 is 0 Å². The van der Waals surface area contributed by atoms with Gasteiger partial charge in [-0.1, -0.05) is 11.6 Å². The number of amides is 2. The summed E-state index contributed by atoms with van der Waals surface area (Å²) in [6, 6.07) is 11.6. The molecule has 28 heavy (non-hydrogen) atoms. The Morgan fingerprint density at radius 1 is 1.11 bits per heavy atom. The Labute approximate surface area is 171 Å². The number of carbonyl (C=O) groups is 2. The SMILES string of the molecule is CCOc1ccc(O)c(/C=C2\SC(=O)N(CCOc3ccc(Cl)cc3)C2=O)c1. The molecule has 2 aromatic rings. The molecule has 0 saturated carbocycles. The van der Waals surface area contributed by atoms with Crippen LogP contribution >= 0.6 is 23.4 Å². The van der Waals surface area contributed by atoms with Crippen LogP contribution in [-0.4, -0.2) is 40.9 Å². The Bertz CT molecular complexity index is 913. The predicted octanol–water partition coefficient (Wildman–Crippen LogP) is 4.56. The van der Waals surface area contributed by atoms with E-state index in [1.807, 2.05) is 6.92 Å². The van der Waals surface area contributed by atoms with Gasteiger partial charge >= 0.3 is 0 Å². The number of carbonyl (C=O) groups excluding carboxylic acids is 2. The van der Waals surface area contributed by atoms with E-state index in [0.29, 0.717) is 28.7 Å². The number of phenolic OH excluding ortho intramolecular Hbond substituents is 1. The molecule has 1 saturated heterocycles. The van der Waals surface area contributed by atoms with Crippen molar-refractivity contribution in [2.45, 2.75) is 6.92 Å². The quantitative estimate of drug-likeness (QED) is 0.663. The van der Waals surface area contributed by atoms with Crippen LogP contribution in [0.5, 0.6) is 17.2 Å². The number of rotatable bonds is 7. The van der Waals surface area contributed by atoms with E-state index in [2.05, 4.69) is 0 Å². The Hall–Kier alpha value is -2.64. The highest BCUT2D eigenvalue weighted by molar-refractivity contribution is 8.18. The molecule has 0 radical (unpaired) electrons. The highest BCUT2D eigenvalue weighted by atomic mass is 35.5. The number of aromatic hydroxyl groups is 1. The number of ether oxygens (including phenoxy) is 2. The van der Waals surface area contributed by atoms with Crippen molar-refractivity contribution in [2.75, 3.05) is 19.8 Å². The van der Waals surface area contributed by atoms with Gasteiger partial charge in [-0.15, -0.1) is 0 Å². The van der Waals surface area contributed by atoms with Gasteiger partial charge in [0.15, 0.2) is 0 Å². The van der Waals surface area contributed by atoms with Crippen LogP contribution in [-0.2, 0) is 4.79 Å². The molecular formula is C20H18ClNO5S. The molecule has 146 valence electrons. The second-order valence-electron chi connectivity index (χ2n) is 5.79. The van der Waals surface area contributed by atoms with Gasteiger partial charge in [-0.25, -0.2) is 0 Å². The monoisotopic (exact) mass is 419 g/mol. The molecule has 0 aromatic heterocycles. The number of nitrogens with zero attached hydrogens (tertiary/aromatic N) is 1. The summed E-state index contributed by atoms with van der Waals surface area (Å²) >= 11 is 6.65. The van der Waals surface area contributed by atoms with Crippen molar-refractivity contribution < 1.29 is 24.2 Å². The molecule has 8 heteroatoms. The van der Waals surface area contributed by atoms with Gasteiger partial charge in [0.1, 0.15) is 23.9 Å². The minimum atomic E-state index is -0.420. The van der Waals surface area contributed by atoms with Crippen LogP contribution < -0.4 is 9.47 Å². The number of hydrogen-bond acceptors (Lipinski definition) is 6. The molecule has 0 atom stereocenters. The van der Waals surface area contributed by atoms with Crippen molar-refractivity contribution in [1.82, 2.24) is 4.90 Å². The predicted molar refractivity (Wildman–Crippen MR) is 109 cm³/mol. The van der Waals surface area contributed by atoms with Crippen LogP contribution in [0.3, 0.4) is 0 Å². The molecule has 1 aliphatic rings. The third-order valence-electron chi connectivity index (χ3n) is 3.87. The lowest BCUT2D eigenvalue weighted by atomic mass is 10.1. The molecule has 3 rings (SSSR count). The molecule has 6 nitrogen and oxygen atoms in total. The van der Waals surface area contributed by atoms with E-state index < -0.39 is 5.91 Å². The lowest BCUT2D eigenvalue weighted by molar-refractivity contribution is -0.123. The van der Waals surface area contributed by atoms with E-state index in [9.17, 15) is 14.7 Å². The Kier molecular flexibility index (Phi) is 6.49. The highest BCUT2D eigenvalue weighted by Crippen LogP contribution is 2.34. The van der Waals surface area contributed by atoms with E-state index in [1.165, 1.54) is 12.1 Å². The van der Waals surface area contributed by atoms with Gasteiger partial charge in [0.2, 0.25) is 0 Å². The summed E-state index contributed by atoms with van der Waals surface area (Å²) in [5.41, 5.74) is 0.411. The lowest BCUT2D eigenvalue weighted by Crippen LogP contribution is -2.32. The fourth-order valence-corrected chi connectivity index (χ4v) is 3.51. The fourth-order valence-electron chi connectivity index (χ4n) is 2.52. The van der Waals surface area contributed by atoms with Crippen LogP contribution in [0.15, 0.2) is 47.4 Å². The standard InChI is InChI=1S/C20H18ClNO5S/c1-2-26-16-7-8-17(23)13(11-16)12-18-19(24)22(20(25)28-18)9-10-27-15-5-3-14(21)4-6-15/h3-8,11-12,23H,2,9-10H2,1H3/b18-12-. The normalized spacial score (nSPS) is 15.4. The summed E-state index contributed by atoms with van der Waals surface area (Å²) in [6.45, 7) is 2.62. The van der Waals surface area contributed by atoms with Crippen molar-refractivity contribution in [3.05, 3.63) is 58.0 Å². The van der Waals surface area contributed by atoms with E-state index in [-0.39, 0.29) is 29.0 Å². The number of halogens is 1. The summed E-state index contributed by atoms with van der Waals surface area (Å²) in [5.74, 6) is 0.754. The maximum atomic E-state index is 12.6. The first-order chi connectivity index (χ1) is 13.5. The van der Waals surface area contributed by atoms with Gasteiger partial charge < -0.3 is 14.6 Å². The van der Waals surface area contributed by atoms with Crippen LogP contribution in [0.4, 0.5) is 4.79 Å². The molecule has 2 aromatic carbocycles. The van der Waals surface area contributed by atoms with Crippen molar-refractivity contribution in [2.24, 2.45) is 0 Å². The first-order valence-corrected chi connectivity index (χ1v) is 9.77. The molecule has 0 bridgehead atoms. The molecular weight excluding hydrogens is 402 g/mol. The molecule has 0 spiro atoms. The smallest absolute Gasteiger partial charge is 0.293 e. The van der Waals surface area contributed by atoms with Gasteiger partial charge in [0, 0.05) is 10.6 Å². The topological polar surface area (TPSA) is 76.1 Å². The minimum Gasteiger partial charge on any atom is -0.507 e. The van der Waals surface area contributed by atoms with Crippen LogP contribution in [0.1, 0.15) is 12.5 Å². The van der Waals surface area contributed by atoms with Gasteiger partial charge in [0.25, 0.3) is 11.1 Å². The molecule has 1 aliphatic heterocycles. The number of hydrogen-bond donors (Lipinski definition) is 1. The van der Waals surface area contributed by atoms with Crippen molar-refractivity contribution >= 4 is 40.6 Å². The number of imide groups is 1. The van der Waals surface area contributed by atoms with E-state index in [4.69, 9.17) is 21.1 Å². The maximum Gasteiger partial charge on any atom is 0.293 e. The molecule has 1 fully saturated rings. The summed E-state index contributed by atoms with van der Waals surface area (Å²) in [5, 5.41) is 10.2. The maximum absolute atomic E-state index is 12.6. The Balaban J connectivity index is 1.66. The number of thioether (sulfide) groups is 1. The lowest BCUT2D eigenvalue weighted by Gasteiger charge is -2.13. The van der Waals surface area contributed by atoms with Gasteiger partial charge in [-0.3, -0.25) is 14.5 Å². The zero-order valence-electron chi connectivity index (χ0n) is 15.1. The van der Waals surface area contributed by atoms with Gasteiger partial charge in [0.05, 0.1) is 18.1 Å². The summed E-state index contributed by atoms with van der Waals surface area (Å²) < 4.78 is 10.9. The molecule has 0 unspecified atom stereocenters. The number of benzene rings is 2. The minimum absolute atomic E-state index is 0.00123. The Morgan fingerprint density at radius 2 is 1.82 bits per heavy atom. The van der Waals surface area contributed by atoms with Crippen molar-refractivity contribution in [3.8, 4) is 17.2 Å². The average molecular weight is 420 g/mol. The molecule has 2 amide bonds. The van der Waals surface area contributed by atoms with Gasteiger partial charge in [-0.2, -0.15) is 0 Å². The first kappa shape index (κ1) is 20.1. The average Bonchev–Trinajstić information content (AvgIpc) is 2.93. The molecule has 1 N–H and O–H groups in total. The summed E-state index contributed by atoms with van der Waals surface area (Å²) in [4.78, 5) is 26.1. The summed E-state index contributed by atoms with van der Waals surface area (Å²) in [6.07, 6.45) is 1.49. The van der Waals surface area contributed by atoms with Crippen molar-refractivity contribution in [3.63, 3.8) is 0 Å². The highest BCUT2D eigenvalue weighted by Gasteiger charge is 2.35. The zero-order chi connectivity index (χ0) is 20.1. The van der Waals surface area contributed by atoms with Gasteiger partial charge in [-0.05, 0) is 67.2 Å². The second kappa shape index (κ2) is 9.03. The first-order valence-electron chi connectivity index (χ1n) is 8.57. The van der Waals surface area contributed by atoms with Crippen LogP contribution in [0.2, 0.25) is 5.02 Å². The van der Waals surface area contributed by atoms with E-state index in [0.717, 1.165) is 16.7 Å². The molecule has 1 heterocycles. The van der Waals surface area contributed by atoms with E-state index in [1.54, 1.807) is 36.4 Å². The molecule has 0 aliphatic carbocycles. The largest absolute Gasteiger partial charge is 0.507 e. The Morgan fingerprint density at radius 3 is 2.54 bits per heavy atom. The third kappa shape index (κ3) is 4.79.